The first-order valence-corrected chi connectivity index (χ1v) is 11.0. The molecule has 0 unspecified atom stereocenters. The van der Waals surface area contributed by atoms with Crippen LogP contribution in [-0.2, 0) is 14.4 Å². The first-order valence-electron chi connectivity index (χ1n) is 10.1. The van der Waals surface area contributed by atoms with Crippen molar-refractivity contribution in [3.63, 3.8) is 0 Å². The number of aromatic nitrogens is 4. The van der Waals surface area contributed by atoms with Crippen molar-refractivity contribution in [3.8, 4) is 22.8 Å². The molecular weight excluding hydrogens is 535 g/mol. The normalized spacial score (nSPS) is 11.2. The van der Waals surface area contributed by atoms with Gasteiger partial charge in [0.05, 0.1) is 18.5 Å². The van der Waals surface area contributed by atoms with Crippen LogP contribution in [-0.4, -0.2) is 38.8 Å². The molecule has 2 heterocycles. The van der Waals surface area contributed by atoms with Gasteiger partial charge in [0.2, 0.25) is 5.91 Å². The number of ether oxygens (including phenoxy) is 1. The fourth-order valence-corrected chi connectivity index (χ4v) is 3.44. The predicted octanol–water partition coefficient (Wildman–Crippen LogP) is 3.91. The molecule has 0 fully saturated rings. The minimum absolute atomic E-state index is 0.205. The molecule has 0 spiro atoms. The maximum atomic E-state index is 11.9. The molecule has 0 saturated carbocycles. The summed E-state index contributed by atoms with van der Waals surface area (Å²) in [6.07, 6.45) is 4.48. The van der Waals surface area contributed by atoms with Crippen LogP contribution in [0.2, 0.25) is 0 Å². The van der Waals surface area contributed by atoms with Crippen LogP contribution in [0.3, 0.4) is 0 Å². The van der Waals surface area contributed by atoms with Gasteiger partial charge in [-0.3, -0.25) is 4.79 Å². The number of amides is 1. The molecule has 4 rings (SSSR count). The van der Waals surface area contributed by atoms with Crippen molar-refractivity contribution >= 4 is 45.8 Å². The number of halogens is 1. The third kappa shape index (κ3) is 5.65. The average molecular weight is 556 g/mol. The zero-order valence-corrected chi connectivity index (χ0v) is 19.7. The Balaban J connectivity index is 1.54. The second-order valence-corrected chi connectivity index (χ2v) is 7.56. The van der Waals surface area contributed by atoms with Crippen LogP contribution >= 0.6 is 23.0 Å². The Morgan fingerprint density at radius 3 is 2.61 bits per heavy atom. The van der Waals surface area contributed by atoms with Gasteiger partial charge in [0.1, 0.15) is 52.3 Å². The zero-order valence-electron chi connectivity index (χ0n) is 17.5. The summed E-state index contributed by atoms with van der Waals surface area (Å²) in [6, 6.07) is 17.1. The van der Waals surface area contributed by atoms with Crippen LogP contribution in [0.4, 0.5) is 5.82 Å². The Morgan fingerprint density at radius 2 is 1.85 bits per heavy atom. The first kappa shape index (κ1) is 22.7. The molecule has 0 atom stereocenters. The van der Waals surface area contributed by atoms with E-state index in [0.29, 0.717) is 48.0 Å². The largest absolute Gasteiger partial charge is 0.457 e. The molecule has 0 saturated heterocycles. The van der Waals surface area contributed by atoms with E-state index in [-0.39, 0.29) is 5.91 Å². The van der Waals surface area contributed by atoms with Crippen LogP contribution < -0.4 is 15.8 Å². The standard InChI is InChI=1S/C23H21IN6O3/c24-32-14-4-7-19(31)26-12-13-30-23-20(22(25)27-15-28-23)21(29-30)16-8-10-18(11-9-16)33-17-5-2-1-3-6-17/h1-11,15H,12-14H2,(H,26,31)(H2,25,27,28)/b7-4+. The summed E-state index contributed by atoms with van der Waals surface area (Å²) in [4.78, 5) is 20.4. The van der Waals surface area contributed by atoms with E-state index in [1.807, 2.05) is 54.6 Å². The fourth-order valence-electron chi connectivity index (χ4n) is 3.23. The molecule has 3 N–H and O–H groups in total. The van der Waals surface area contributed by atoms with Gasteiger partial charge in [-0.15, -0.1) is 0 Å². The lowest BCUT2D eigenvalue weighted by molar-refractivity contribution is -0.116. The second kappa shape index (κ2) is 10.9. The van der Waals surface area contributed by atoms with Crippen LogP contribution in [0.1, 0.15) is 0 Å². The lowest BCUT2D eigenvalue weighted by Gasteiger charge is -2.06. The lowest BCUT2D eigenvalue weighted by Crippen LogP contribution is -2.26. The van der Waals surface area contributed by atoms with Gasteiger partial charge >= 0.3 is 0 Å². The van der Waals surface area contributed by atoms with Crippen LogP contribution in [0.25, 0.3) is 22.3 Å². The number of nitrogens with two attached hydrogens (primary N) is 1. The number of carbonyl (C=O) groups is 1. The highest BCUT2D eigenvalue weighted by Crippen LogP contribution is 2.31. The molecule has 33 heavy (non-hydrogen) atoms. The summed E-state index contributed by atoms with van der Waals surface area (Å²) in [5.74, 6) is 1.61. The van der Waals surface area contributed by atoms with Crippen molar-refractivity contribution in [2.45, 2.75) is 6.54 Å². The van der Waals surface area contributed by atoms with Gasteiger partial charge in [0, 0.05) is 18.2 Å². The number of rotatable bonds is 9. The van der Waals surface area contributed by atoms with E-state index in [9.17, 15) is 4.79 Å². The minimum Gasteiger partial charge on any atom is -0.457 e. The first-order chi connectivity index (χ1) is 16.2. The van der Waals surface area contributed by atoms with Gasteiger partial charge in [-0.1, -0.05) is 24.3 Å². The zero-order chi connectivity index (χ0) is 23.0. The summed E-state index contributed by atoms with van der Waals surface area (Å²) in [5, 5.41) is 8.19. The highest BCUT2D eigenvalue weighted by atomic mass is 127. The van der Waals surface area contributed by atoms with E-state index in [1.54, 1.807) is 33.8 Å². The van der Waals surface area contributed by atoms with Gasteiger partial charge in [-0.25, -0.2) is 14.6 Å². The molecule has 0 radical (unpaired) electrons. The van der Waals surface area contributed by atoms with Crippen molar-refractivity contribution in [2.24, 2.45) is 0 Å². The van der Waals surface area contributed by atoms with Gasteiger partial charge in [0.25, 0.3) is 0 Å². The third-order valence-corrected chi connectivity index (χ3v) is 5.08. The van der Waals surface area contributed by atoms with Crippen LogP contribution in [0.15, 0.2) is 73.1 Å². The molecule has 9 nitrogen and oxygen atoms in total. The minimum atomic E-state index is -0.205. The Kier molecular flexibility index (Phi) is 7.47. The molecule has 0 aliphatic heterocycles. The molecule has 168 valence electrons. The Morgan fingerprint density at radius 1 is 1.09 bits per heavy atom. The Labute approximate surface area is 204 Å². The van der Waals surface area contributed by atoms with Crippen molar-refractivity contribution in [1.29, 1.82) is 0 Å². The van der Waals surface area contributed by atoms with E-state index >= 15 is 0 Å². The second-order valence-electron chi connectivity index (χ2n) is 6.94. The van der Waals surface area contributed by atoms with Gasteiger partial charge < -0.3 is 18.9 Å². The number of nitrogens with zero attached hydrogens (tertiary/aromatic N) is 4. The highest BCUT2D eigenvalue weighted by molar-refractivity contribution is 14.1. The number of fused-ring (bicyclic) bond motifs is 1. The topological polar surface area (TPSA) is 117 Å². The molecule has 0 aliphatic rings. The van der Waals surface area contributed by atoms with E-state index < -0.39 is 0 Å². The molecule has 2 aromatic heterocycles. The van der Waals surface area contributed by atoms with Crippen molar-refractivity contribution in [3.05, 3.63) is 73.1 Å². The van der Waals surface area contributed by atoms with Crippen molar-refractivity contribution in [2.75, 3.05) is 18.9 Å². The van der Waals surface area contributed by atoms with E-state index in [1.165, 1.54) is 12.4 Å². The van der Waals surface area contributed by atoms with Crippen LogP contribution in [0, 0.1) is 0 Å². The van der Waals surface area contributed by atoms with E-state index in [4.69, 9.17) is 18.6 Å². The number of nitrogens with one attached hydrogen (secondary N) is 1. The van der Waals surface area contributed by atoms with Crippen molar-refractivity contribution in [1.82, 2.24) is 25.1 Å². The molecule has 0 bridgehead atoms. The summed E-state index contributed by atoms with van der Waals surface area (Å²) in [7, 11) is 0. The molecule has 0 aliphatic carbocycles. The quantitative estimate of drug-likeness (QED) is 0.237. The number of hydrogen-bond acceptors (Lipinski definition) is 7. The number of carbonyl (C=O) groups excluding carboxylic acids is 1. The summed E-state index contributed by atoms with van der Waals surface area (Å²) in [5.41, 5.74) is 8.29. The molecule has 1 amide bonds. The fraction of sp³-hybridized carbons (Fsp3) is 0.130. The van der Waals surface area contributed by atoms with E-state index in [0.717, 1.165) is 11.3 Å². The third-order valence-electron chi connectivity index (χ3n) is 4.72. The van der Waals surface area contributed by atoms with Gasteiger partial charge in [-0.2, -0.15) is 5.10 Å². The van der Waals surface area contributed by atoms with Crippen molar-refractivity contribution < 1.29 is 12.6 Å². The lowest BCUT2D eigenvalue weighted by atomic mass is 10.1. The van der Waals surface area contributed by atoms with Crippen LogP contribution in [0.5, 0.6) is 11.5 Å². The number of anilines is 1. The molecular formula is C23H21IN6O3. The maximum absolute atomic E-state index is 11.9. The predicted molar refractivity (Wildman–Crippen MR) is 134 cm³/mol. The molecule has 2 aromatic carbocycles. The average Bonchev–Trinajstić information content (AvgIpc) is 3.20. The molecule has 4 aromatic rings. The smallest absolute Gasteiger partial charge is 0.243 e. The maximum Gasteiger partial charge on any atom is 0.243 e. The summed E-state index contributed by atoms with van der Waals surface area (Å²) < 4.78 is 12.4. The van der Waals surface area contributed by atoms with Gasteiger partial charge in [0.15, 0.2) is 5.65 Å². The number of hydrogen-bond donors (Lipinski definition) is 2. The highest BCUT2D eigenvalue weighted by Gasteiger charge is 2.17. The summed E-state index contributed by atoms with van der Waals surface area (Å²) >= 11 is 1.77. The summed E-state index contributed by atoms with van der Waals surface area (Å²) in [6.45, 7) is 1.16. The monoisotopic (exact) mass is 556 g/mol. The van der Waals surface area contributed by atoms with E-state index in [2.05, 4.69) is 15.3 Å². The Hall–Kier alpha value is -3.51. The molecule has 10 heteroatoms. The Bertz CT molecular complexity index is 1260. The SMILES string of the molecule is Nc1ncnc2c1c(-c1ccc(Oc3ccccc3)cc1)nn2CCNC(=O)/C=C/COI. The van der Waals surface area contributed by atoms with Gasteiger partial charge in [-0.05, 0) is 36.4 Å². The number of nitrogen functional groups attached to an aromatic ring is 1. The number of benzene rings is 2. The number of para-hydroxylation sites is 1.